The van der Waals surface area contributed by atoms with Crippen molar-refractivity contribution < 1.29 is 9.53 Å². The summed E-state index contributed by atoms with van der Waals surface area (Å²) in [5.74, 6) is -0.0846. The number of piperazine rings is 1. The molecule has 17 heavy (non-hydrogen) atoms. The van der Waals surface area contributed by atoms with Crippen LogP contribution in [0.2, 0.25) is 0 Å². The highest BCUT2D eigenvalue weighted by molar-refractivity contribution is 5.76. The quantitative estimate of drug-likeness (QED) is 0.587. The van der Waals surface area contributed by atoms with Crippen LogP contribution in [0.25, 0.3) is 0 Å². The first kappa shape index (κ1) is 12.6. The summed E-state index contributed by atoms with van der Waals surface area (Å²) in [7, 11) is 0. The highest BCUT2D eigenvalue weighted by atomic mass is 16.5. The Hall–Kier alpha value is -0.870. The first-order valence-corrected chi connectivity index (χ1v) is 6.62. The molecule has 1 aliphatic carbocycles. The zero-order valence-corrected chi connectivity index (χ0v) is 10.5. The van der Waals surface area contributed by atoms with Gasteiger partial charge in [0.25, 0.3) is 0 Å². The van der Waals surface area contributed by atoms with Crippen molar-refractivity contribution in [2.75, 3.05) is 26.2 Å². The van der Waals surface area contributed by atoms with E-state index in [0.29, 0.717) is 19.2 Å². The minimum absolute atomic E-state index is 0.0846. The molecule has 1 heterocycles. The largest absolute Gasteiger partial charge is 0.465 e. The number of ether oxygens (including phenoxy) is 1. The molecule has 0 aromatic carbocycles. The Labute approximate surface area is 103 Å². The van der Waals surface area contributed by atoms with E-state index in [-0.39, 0.29) is 12.0 Å². The molecule has 0 radical (unpaired) electrons. The summed E-state index contributed by atoms with van der Waals surface area (Å²) in [4.78, 5) is 14.2. The fourth-order valence-corrected chi connectivity index (χ4v) is 2.64. The maximum Gasteiger partial charge on any atom is 0.324 e. The molecule has 0 amide bonds. The summed E-state index contributed by atoms with van der Waals surface area (Å²) in [6, 6.07) is 0.303. The standard InChI is InChI=1S/C13H22N2O2/c1-2-17-13(16)12-10-14-8-9-15(12)11-6-4-3-5-7-11/h4,6,11-12,14H,2-3,5,7-10H2,1H3. The topological polar surface area (TPSA) is 41.6 Å². The van der Waals surface area contributed by atoms with Crippen LogP contribution >= 0.6 is 0 Å². The van der Waals surface area contributed by atoms with Crippen molar-refractivity contribution in [1.82, 2.24) is 10.2 Å². The van der Waals surface area contributed by atoms with Crippen molar-refractivity contribution in [2.45, 2.75) is 38.3 Å². The van der Waals surface area contributed by atoms with Gasteiger partial charge in [0, 0.05) is 25.7 Å². The molecule has 2 aliphatic rings. The molecule has 2 atom stereocenters. The Morgan fingerprint density at radius 3 is 3.18 bits per heavy atom. The van der Waals surface area contributed by atoms with Crippen molar-refractivity contribution in [3.63, 3.8) is 0 Å². The Balaban J connectivity index is 2.03. The predicted octanol–water partition coefficient (Wildman–Crippen LogP) is 0.932. The van der Waals surface area contributed by atoms with Gasteiger partial charge in [-0.2, -0.15) is 0 Å². The van der Waals surface area contributed by atoms with Gasteiger partial charge in [0.1, 0.15) is 6.04 Å². The van der Waals surface area contributed by atoms with E-state index in [1.807, 2.05) is 6.92 Å². The lowest BCUT2D eigenvalue weighted by molar-refractivity contribution is -0.151. The number of hydrogen-bond acceptors (Lipinski definition) is 4. The second-order valence-corrected chi connectivity index (χ2v) is 4.64. The highest BCUT2D eigenvalue weighted by Crippen LogP contribution is 2.20. The second-order valence-electron chi connectivity index (χ2n) is 4.64. The minimum atomic E-state index is -0.114. The van der Waals surface area contributed by atoms with Crippen molar-refractivity contribution in [3.8, 4) is 0 Å². The first-order valence-electron chi connectivity index (χ1n) is 6.62. The Morgan fingerprint density at radius 1 is 1.59 bits per heavy atom. The van der Waals surface area contributed by atoms with Gasteiger partial charge in [-0.3, -0.25) is 9.69 Å². The van der Waals surface area contributed by atoms with E-state index in [1.54, 1.807) is 0 Å². The average Bonchev–Trinajstić information content (AvgIpc) is 2.40. The zero-order chi connectivity index (χ0) is 12.1. The molecule has 0 aromatic heterocycles. The van der Waals surface area contributed by atoms with E-state index in [9.17, 15) is 4.79 Å². The molecule has 1 N–H and O–H groups in total. The van der Waals surface area contributed by atoms with E-state index in [2.05, 4.69) is 22.4 Å². The lowest BCUT2D eigenvalue weighted by Crippen LogP contribution is -2.58. The van der Waals surface area contributed by atoms with Crippen LogP contribution in [0.4, 0.5) is 0 Å². The number of nitrogens with one attached hydrogen (secondary N) is 1. The Kier molecular flexibility index (Phi) is 4.57. The van der Waals surface area contributed by atoms with Crippen LogP contribution < -0.4 is 5.32 Å². The van der Waals surface area contributed by atoms with Gasteiger partial charge in [0.15, 0.2) is 0 Å². The van der Waals surface area contributed by atoms with Crippen molar-refractivity contribution >= 4 is 5.97 Å². The Morgan fingerprint density at radius 2 is 2.47 bits per heavy atom. The van der Waals surface area contributed by atoms with Gasteiger partial charge in [0.2, 0.25) is 0 Å². The summed E-state index contributed by atoms with van der Waals surface area (Å²) in [6.07, 6.45) is 8.04. The van der Waals surface area contributed by atoms with Crippen molar-refractivity contribution in [3.05, 3.63) is 12.2 Å². The normalized spacial score (nSPS) is 30.2. The third-order valence-corrected chi connectivity index (χ3v) is 3.50. The smallest absolute Gasteiger partial charge is 0.324 e. The molecule has 2 unspecified atom stereocenters. The number of rotatable bonds is 3. The fourth-order valence-electron chi connectivity index (χ4n) is 2.64. The number of carbonyl (C=O) groups is 1. The molecule has 1 fully saturated rings. The zero-order valence-electron chi connectivity index (χ0n) is 10.5. The molecule has 1 aliphatic heterocycles. The van der Waals surface area contributed by atoms with Crippen LogP contribution in [0.15, 0.2) is 12.2 Å². The van der Waals surface area contributed by atoms with Crippen LogP contribution in [0.5, 0.6) is 0 Å². The van der Waals surface area contributed by atoms with E-state index in [1.165, 1.54) is 12.8 Å². The van der Waals surface area contributed by atoms with Gasteiger partial charge in [0.05, 0.1) is 6.61 Å². The number of allylic oxidation sites excluding steroid dienone is 1. The van der Waals surface area contributed by atoms with E-state index >= 15 is 0 Å². The van der Waals surface area contributed by atoms with Gasteiger partial charge < -0.3 is 10.1 Å². The van der Waals surface area contributed by atoms with Crippen LogP contribution in [-0.2, 0) is 9.53 Å². The molecule has 0 bridgehead atoms. The average molecular weight is 238 g/mol. The van der Waals surface area contributed by atoms with Gasteiger partial charge in [-0.1, -0.05) is 12.2 Å². The third-order valence-electron chi connectivity index (χ3n) is 3.50. The number of carbonyl (C=O) groups excluding carboxylic acids is 1. The van der Waals surface area contributed by atoms with Crippen LogP contribution in [0, 0.1) is 0 Å². The summed E-state index contributed by atoms with van der Waals surface area (Å²) in [5, 5.41) is 3.28. The van der Waals surface area contributed by atoms with Crippen LogP contribution in [0.1, 0.15) is 26.2 Å². The number of hydrogen-bond donors (Lipinski definition) is 1. The van der Waals surface area contributed by atoms with Crippen LogP contribution in [0.3, 0.4) is 0 Å². The maximum absolute atomic E-state index is 11.9. The lowest BCUT2D eigenvalue weighted by atomic mass is 9.99. The van der Waals surface area contributed by atoms with E-state index < -0.39 is 0 Å². The Bertz CT molecular complexity index is 291. The van der Waals surface area contributed by atoms with E-state index in [4.69, 9.17) is 4.74 Å². The van der Waals surface area contributed by atoms with Crippen LogP contribution in [-0.4, -0.2) is 49.2 Å². The fraction of sp³-hybridized carbons (Fsp3) is 0.769. The molecular weight excluding hydrogens is 216 g/mol. The number of esters is 1. The monoisotopic (exact) mass is 238 g/mol. The summed E-state index contributed by atoms with van der Waals surface area (Å²) in [5.41, 5.74) is 0. The SMILES string of the molecule is CCOC(=O)C1CNCCN1C1C=CCCC1. The van der Waals surface area contributed by atoms with Gasteiger partial charge in [-0.05, 0) is 26.2 Å². The van der Waals surface area contributed by atoms with Gasteiger partial charge in [-0.25, -0.2) is 0 Å². The van der Waals surface area contributed by atoms with E-state index in [0.717, 1.165) is 19.5 Å². The summed E-state index contributed by atoms with van der Waals surface area (Å²) >= 11 is 0. The molecule has 2 rings (SSSR count). The molecule has 4 heteroatoms. The molecule has 0 saturated carbocycles. The molecule has 0 aromatic rings. The minimum Gasteiger partial charge on any atom is -0.465 e. The summed E-state index contributed by atoms with van der Waals surface area (Å²) in [6.45, 7) is 4.92. The number of nitrogens with zero attached hydrogens (tertiary/aromatic N) is 1. The first-order chi connectivity index (χ1) is 8.33. The highest BCUT2D eigenvalue weighted by Gasteiger charge is 2.33. The van der Waals surface area contributed by atoms with Crippen molar-refractivity contribution in [2.24, 2.45) is 0 Å². The van der Waals surface area contributed by atoms with Gasteiger partial charge in [-0.15, -0.1) is 0 Å². The molecular formula is C13H22N2O2. The second kappa shape index (κ2) is 6.17. The molecule has 96 valence electrons. The molecule has 4 nitrogen and oxygen atoms in total. The molecule has 1 saturated heterocycles. The maximum atomic E-state index is 11.9. The molecule has 0 spiro atoms. The third kappa shape index (κ3) is 3.07. The predicted molar refractivity (Wildman–Crippen MR) is 66.8 cm³/mol. The van der Waals surface area contributed by atoms with Gasteiger partial charge >= 0.3 is 5.97 Å². The van der Waals surface area contributed by atoms with Crippen molar-refractivity contribution in [1.29, 1.82) is 0 Å². The summed E-state index contributed by atoms with van der Waals surface area (Å²) < 4.78 is 5.16. The lowest BCUT2D eigenvalue weighted by Gasteiger charge is -2.39.